The summed E-state index contributed by atoms with van der Waals surface area (Å²) in [6, 6.07) is 8.26. The number of para-hydroxylation sites is 1. The topological polar surface area (TPSA) is 50.4 Å². The van der Waals surface area contributed by atoms with Crippen LogP contribution in [0.4, 0.5) is 5.69 Å². The van der Waals surface area contributed by atoms with Crippen molar-refractivity contribution in [2.24, 2.45) is 0 Å². The second-order valence-corrected chi connectivity index (χ2v) is 5.30. The van der Waals surface area contributed by atoms with Gasteiger partial charge in [-0.2, -0.15) is 0 Å². The Balaban J connectivity index is 1.89. The summed E-state index contributed by atoms with van der Waals surface area (Å²) in [6.45, 7) is 1.69. The van der Waals surface area contributed by atoms with E-state index in [0.717, 1.165) is 30.6 Å². The van der Waals surface area contributed by atoms with Crippen LogP contribution in [0, 0.1) is 0 Å². The number of carbonyl (C=O) groups is 1. The summed E-state index contributed by atoms with van der Waals surface area (Å²) in [6.07, 6.45) is 4.90. The number of rotatable bonds is 6. The lowest BCUT2D eigenvalue weighted by Crippen LogP contribution is -2.37. The van der Waals surface area contributed by atoms with E-state index in [0.29, 0.717) is 19.1 Å². The number of benzene rings is 1. The lowest BCUT2D eigenvalue weighted by Gasteiger charge is -2.23. The van der Waals surface area contributed by atoms with Gasteiger partial charge in [0.2, 0.25) is 5.91 Å². The Morgan fingerprint density at radius 3 is 3.00 bits per heavy atom. The molecule has 1 unspecified atom stereocenters. The Kier molecular flexibility index (Phi) is 6.02. The third-order valence-electron chi connectivity index (χ3n) is 3.71. The van der Waals surface area contributed by atoms with Gasteiger partial charge in [-0.3, -0.25) is 4.79 Å². The van der Waals surface area contributed by atoms with Crippen LogP contribution >= 0.6 is 0 Å². The molecule has 0 aromatic heterocycles. The molecule has 0 radical (unpaired) electrons. The Labute approximate surface area is 120 Å². The largest absolute Gasteiger partial charge is 0.384 e. The third-order valence-corrected chi connectivity index (χ3v) is 3.71. The molecule has 1 aromatic rings. The van der Waals surface area contributed by atoms with Gasteiger partial charge in [0.05, 0.1) is 6.61 Å². The van der Waals surface area contributed by atoms with Crippen molar-refractivity contribution in [2.75, 3.05) is 25.6 Å². The minimum absolute atomic E-state index is 0.0919. The van der Waals surface area contributed by atoms with Gasteiger partial charge < -0.3 is 15.4 Å². The quantitative estimate of drug-likeness (QED) is 0.838. The molecule has 1 fully saturated rings. The summed E-state index contributed by atoms with van der Waals surface area (Å²) in [5, 5.41) is 6.44. The number of piperidine rings is 1. The zero-order valence-corrected chi connectivity index (χ0v) is 12.2. The van der Waals surface area contributed by atoms with Crippen LogP contribution in [0.15, 0.2) is 24.3 Å². The van der Waals surface area contributed by atoms with Gasteiger partial charge >= 0.3 is 0 Å². The molecule has 0 spiro atoms. The lowest BCUT2D eigenvalue weighted by molar-refractivity contribution is -0.116. The maximum absolute atomic E-state index is 12.1. The van der Waals surface area contributed by atoms with Gasteiger partial charge in [0.15, 0.2) is 0 Å². The number of amides is 1. The van der Waals surface area contributed by atoms with Crippen LogP contribution in [0.25, 0.3) is 0 Å². The van der Waals surface area contributed by atoms with Gasteiger partial charge in [-0.1, -0.05) is 24.6 Å². The zero-order chi connectivity index (χ0) is 14.2. The van der Waals surface area contributed by atoms with Crippen LogP contribution in [0.5, 0.6) is 0 Å². The van der Waals surface area contributed by atoms with Crippen molar-refractivity contribution in [1.29, 1.82) is 0 Å². The number of methoxy groups -OCH3 is 1. The van der Waals surface area contributed by atoms with E-state index in [2.05, 4.69) is 10.6 Å². The highest BCUT2D eigenvalue weighted by Crippen LogP contribution is 2.17. The molecule has 2 N–H and O–H groups in total. The third kappa shape index (κ3) is 4.62. The SMILES string of the molecule is COCCc1ccccc1NC(=O)CC1CCCCN1. The molecule has 0 saturated carbocycles. The van der Waals surface area contributed by atoms with E-state index in [-0.39, 0.29) is 5.91 Å². The van der Waals surface area contributed by atoms with E-state index in [1.165, 1.54) is 12.8 Å². The van der Waals surface area contributed by atoms with Crippen LogP contribution in [0.2, 0.25) is 0 Å². The van der Waals surface area contributed by atoms with Crippen molar-refractivity contribution in [3.05, 3.63) is 29.8 Å². The maximum atomic E-state index is 12.1. The van der Waals surface area contributed by atoms with Crippen LogP contribution in [-0.4, -0.2) is 32.2 Å². The van der Waals surface area contributed by atoms with Crippen LogP contribution in [-0.2, 0) is 16.0 Å². The summed E-state index contributed by atoms with van der Waals surface area (Å²) < 4.78 is 5.10. The van der Waals surface area contributed by atoms with Crippen LogP contribution < -0.4 is 10.6 Å². The molecule has 1 amide bonds. The molecule has 20 heavy (non-hydrogen) atoms. The fourth-order valence-corrected chi connectivity index (χ4v) is 2.60. The van der Waals surface area contributed by atoms with E-state index in [9.17, 15) is 4.79 Å². The van der Waals surface area contributed by atoms with Crippen molar-refractivity contribution < 1.29 is 9.53 Å². The molecule has 1 saturated heterocycles. The average molecular weight is 276 g/mol. The van der Waals surface area contributed by atoms with E-state index in [1.807, 2.05) is 24.3 Å². The van der Waals surface area contributed by atoms with Gasteiger partial charge in [-0.05, 0) is 37.4 Å². The van der Waals surface area contributed by atoms with E-state index in [4.69, 9.17) is 4.74 Å². The number of anilines is 1. The summed E-state index contributed by atoms with van der Waals surface area (Å²) >= 11 is 0. The van der Waals surface area contributed by atoms with Crippen molar-refractivity contribution in [3.63, 3.8) is 0 Å². The molecule has 2 rings (SSSR count). The number of ether oxygens (including phenoxy) is 1. The van der Waals surface area contributed by atoms with Crippen molar-refractivity contribution in [1.82, 2.24) is 5.32 Å². The Bertz CT molecular complexity index is 428. The smallest absolute Gasteiger partial charge is 0.225 e. The predicted octanol–water partition coefficient (Wildman–Crippen LogP) is 2.35. The number of carbonyl (C=O) groups excluding carboxylic acids is 1. The second-order valence-electron chi connectivity index (χ2n) is 5.30. The van der Waals surface area contributed by atoms with E-state index < -0.39 is 0 Å². The van der Waals surface area contributed by atoms with Gasteiger partial charge in [0.1, 0.15) is 0 Å². The van der Waals surface area contributed by atoms with Gasteiger partial charge in [0.25, 0.3) is 0 Å². The highest BCUT2D eigenvalue weighted by molar-refractivity contribution is 5.91. The molecule has 1 aliphatic heterocycles. The second kappa shape index (κ2) is 8.02. The molecule has 1 heterocycles. The lowest BCUT2D eigenvalue weighted by atomic mass is 10.0. The minimum Gasteiger partial charge on any atom is -0.384 e. The van der Waals surface area contributed by atoms with Crippen molar-refractivity contribution >= 4 is 11.6 Å². The number of nitrogens with one attached hydrogen (secondary N) is 2. The number of hydrogen-bond donors (Lipinski definition) is 2. The zero-order valence-electron chi connectivity index (χ0n) is 12.2. The van der Waals surface area contributed by atoms with E-state index >= 15 is 0 Å². The van der Waals surface area contributed by atoms with Crippen LogP contribution in [0.1, 0.15) is 31.2 Å². The summed E-state index contributed by atoms with van der Waals surface area (Å²) in [5.74, 6) is 0.0919. The Morgan fingerprint density at radius 1 is 1.40 bits per heavy atom. The van der Waals surface area contributed by atoms with Gasteiger partial charge in [0, 0.05) is 25.3 Å². The minimum atomic E-state index is 0.0919. The molecular formula is C16H24N2O2. The molecular weight excluding hydrogens is 252 g/mol. The molecule has 1 aromatic carbocycles. The molecule has 0 bridgehead atoms. The average Bonchev–Trinajstić information content (AvgIpc) is 2.47. The standard InChI is InChI=1S/C16H24N2O2/c1-20-11-9-13-6-2-3-8-15(13)18-16(19)12-14-7-4-5-10-17-14/h2-3,6,8,14,17H,4-5,7,9-12H2,1H3,(H,18,19). The Hall–Kier alpha value is -1.39. The summed E-state index contributed by atoms with van der Waals surface area (Å²) in [7, 11) is 1.69. The summed E-state index contributed by atoms with van der Waals surface area (Å²) in [4.78, 5) is 12.1. The van der Waals surface area contributed by atoms with Gasteiger partial charge in [-0.15, -0.1) is 0 Å². The highest BCUT2D eigenvalue weighted by atomic mass is 16.5. The molecule has 1 aliphatic rings. The molecule has 0 aliphatic carbocycles. The molecule has 1 atom stereocenters. The normalized spacial score (nSPS) is 18.8. The fraction of sp³-hybridized carbons (Fsp3) is 0.562. The van der Waals surface area contributed by atoms with Crippen LogP contribution in [0.3, 0.4) is 0 Å². The fourth-order valence-electron chi connectivity index (χ4n) is 2.60. The summed E-state index contributed by atoms with van der Waals surface area (Å²) in [5.41, 5.74) is 2.03. The first-order valence-corrected chi connectivity index (χ1v) is 7.39. The number of hydrogen-bond acceptors (Lipinski definition) is 3. The molecule has 110 valence electrons. The first-order valence-electron chi connectivity index (χ1n) is 7.39. The monoisotopic (exact) mass is 276 g/mol. The van der Waals surface area contributed by atoms with E-state index in [1.54, 1.807) is 7.11 Å². The predicted molar refractivity (Wildman–Crippen MR) is 80.9 cm³/mol. The highest BCUT2D eigenvalue weighted by Gasteiger charge is 2.16. The first-order chi connectivity index (χ1) is 9.79. The molecule has 4 nitrogen and oxygen atoms in total. The molecule has 4 heteroatoms. The van der Waals surface area contributed by atoms with Crippen molar-refractivity contribution in [2.45, 2.75) is 38.1 Å². The van der Waals surface area contributed by atoms with Gasteiger partial charge in [-0.25, -0.2) is 0 Å². The van der Waals surface area contributed by atoms with Crippen molar-refractivity contribution in [3.8, 4) is 0 Å². The first kappa shape index (κ1) is 15.0. The Morgan fingerprint density at radius 2 is 2.25 bits per heavy atom. The maximum Gasteiger partial charge on any atom is 0.225 e.